The highest BCUT2D eigenvalue weighted by Crippen LogP contribution is 2.35. The first-order valence-electron chi connectivity index (χ1n) is 7.40. The molecule has 1 rings (SSSR count). The molecule has 19 heavy (non-hydrogen) atoms. The second kappa shape index (κ2) is 7.25. The van der Waals surface area contributed by atoms with Crippen LogP contribution < -0.4 is 0 Å². The SMILES string of the molecule is CC(C)CC(CC(=O)O)(CC(C)C)N1CCOCC1. The van der Waals surface area contributed by atoms with Crippen LogP contribution in [0.1, 0.15) is 47.0 Å². The van der Waals surface area contributed by atoms with Crippen LogP contribution in [0.2, 0.25) is 0 Å². The van der Waals surface area contributed by atoms with Crippen LogP contribution in [0.3, 0.4) is 0 Å². The zero-order valence-electron chi connectivity index (χ0n) is 12.8. The van der Waals surface area contributed by atoms with Crippen molar-refractivity contribution in [1.82, 2.24) is 4.90 Å². The molecule has 1 aliphatic rings. The highest BCUT2D eigenvalue weighted by molar-refractivity contribution is 5.68. The number of morpholine rings is 1. The van der Waals surface area contributed by atoms with Crippen LogP contribution in [-0.2, 0) is 9.53 Å². The molecule has 0 aromatic rings. The van der Waals surface area contributed by atoms with Gasteiger partial charge in [0.05, 0.1) is 19.6 Å². The monoisotopic (exact) mass is 271 g/mol. The Labute approximate surface area is 117 Å². The summed E-state index contributed by atoms with van der Waals surface area (Å²) in [6.07, 6.45) is 2.12. The maximum absolute atomic E-state index is 11.4. The van der Waals surface area contributed by atoms with Crippen LogP contribution in [0, 0.1) is 11.8 Å². The molecule has 1 N–H and O–H groups in total. The van der Waals surface area contributed by atoms with E-state index in [9.17, 15) is 9.90 Å². The van der Waals surface area contributed by atoms with Gasteiger partial charge in [-0.1, -0.05) is 27.7 Å². The maximum atomic E-state index is 11.4. The highest BCUT2D eigenvalue weighted by atomic mass is 16.5. The minimum Gasteiger partial charge on any atom is -0.481 e. The minimum atomic E-state index is -0.687. The number of aliphatic carboxylic acids is 1. The van der Waals surface area contributed by atoms with Crippen molar-refractivity contribution >= 4 is 5.97 Å². The number of rotatable bonds is 7. The Kier molecular flexibility index (Phi) is 6.27. The van der Waals surface area contributed by atoms with E-state index in [4.69, 9.17) is 4.74 Å². The molecule has 1 aliphatic heterocycles. The van der Waals surface area contributed by atoms with E-state index >= 15 is 0 Å². The molecule has 0 aromatic heterocycles. The third-order valence-electron chi connectivity index (χ3n) is 3.74. The predicted octanol–water partition coefficient (Wildman–Crippen LogP) is 2.62. The summed E-state index contributed by atoms with van der Waals surface area (Å²) in [5, 5.41) is 9.35. The molecule has 0 radical (unpaired) electrons. The summed E-state index contributed by atoms with van der Waals surface area (Å²) in [6.45, 7) is 11.9. The lowest BCUT2D eigenvalue weighted by molar-refractivity contribution is -0.143. The maximum Gasteiger partial charge on any atom is 0.305 e. The van der Waals surface area contributed by atoms with Crippen molar-refractivity contribution in [3.05, 3.63) is 0 Å². The topological polar surface area (TPSA) is 49.8 Å². The van der Waals surface area contributed by atoms with Crippen molar-refractivity contribution in [2.45, 2.75) is 52.5 Å². The molecular formula is C15H29NO3. The summed E-state index contributed by atoms with van der Waals surface area (Å²) in [5.41, 5.74) is -0.210. The fourth-order valence-corrected chi connectivity index (χ4v) is 3.44. The number of carbonyl (C=O) groups is 1. The van der Waals surface area contributed by atoms with E-state index < -0.39 is 5.97 Å². The average Bonchev–Trinajstić information content (AvgIpc) is 2.27. The van der Waals surface area contributed by atoms with E-state index in [-0.39, 0.29) is 12.0 Å². The Morgan fingerprint density at radius 1 is 1.16 bits per heavy atom. The molecule has 0 bridgehead atoms. The van der Waals surface area contributed by atoms with Crippen molar-refractivity contribution in [2.24, 2.45) is 11.8 Å². The summed E-state index contributed by atoms with van der Waals surface area (Å²) in [6, 6.07) is 0. The van der Waals surface area contributed by atoms with Gasteiger partial charge in [-0.3, -0.25) is 9.69 Å². The summed E-state index contributed by atoms with van der Waals surface area (Å²) in [5.74, 6) is 0.315. The standard InChI is InChI=1S/C15H29NO3/c1-12(2)9-15(10-13(3)4,11-14(17)18)16-5-7-19-8-6-16/h12-13H,5-11H2,1-4H3,(H,17,18). The van der Waals surface area contributed by atoms with Gasteiger partial charge in [0.2, 0.25) is 0 Å². The number of nitrogens with zero attached hydrogens (tertiary/aromatic N) is 1. The number of carboxylic acid groups (broad SMARTS) is 1. The molecule has 4 heteroatoms. The Morgan fingerprint density at radius 3 is 2.00 bits per heavy atom. The van der Waals surface area contributed by atoms with E-state index in [0.717, 1.165) is 39.1 Å². The smallest absolute Gasteiger partial charge is 0.305 e. The van der Waals surface area contributed by atoms with Gasteiger partial charge in [-0.05, 0) is 24.7 Å². The number of hydrogen-bond acceptors (Lipinski definition) is 3. The van der Waals surface area contributed by atoms with Crippen molar-refractivity contribution in [2.75, 3.05) is 26.3 Å². The van der Waals surface area contributed by atoms with Crippen LogP contribution in [-0.4, -0.2) is 47.8 Å². The molecule has 4 nitrogen and oxygen atoms in total. The molecule has 0 spiro atoms. The van der Waals surface area contributed by atoms with Crippen molar-refractivity contribution < 1.29 is 14.6 Å². The van der Waals surface area contributed by atoms with Gasteiger partial charge in [0, 0.05) is 18.6 Å². The largest absolute Gasteiger partial charge is 0.481 e. The van der Waals surface area contributed by atoms with E-state index in [1.165, 1.54) is 0 Å². The molecule has 0 amide bonds. The van der Waals surface area contributed by atoms with Crippen LogP contribution in [0.4, 0.5) is 0 Å². The van der Waals surface area contributed by atoms with Crippen molar-refractivity contribution in [1.29, 1.82) is 0 Å². The summed E-state index contributed by atoms with van der Waals surface area (Å²) in [4.78, 5) is 13.7. The Hall–Kier alpha value is -0.610. The fourth-order valence-electron chi connectivity index (χ4n) is 3.44. The van der Waals surface area contributed by atoms with Crippen LogP contribution in [0.25, 0.3) is 0 Å². The molecule has 0 aromatic carbocycles. The lowest BCUT2D eigenvalue weighted by Gasteiger charge is -2.47. The Morgan fingerprint density at radius 2 is 1.63 bits per heavy atom. The molecule has 1 saturated heterocycles. The van der Waals surface area contributed by atoms with Gasteiger partial charge in [0.15, 0.2) is 0 Å². The number of ether oxygens (including phenoxy) is 1. The Bertz CT molecular complexity index is 273. The van der Waals surface area contributed by atoms with Gasteiger partial charge < -0.3 is 9.84 Å². The van der Waals surface area contributed by atoms with Crippen molar-refractivity contribution in [3.8, 4) is 0 Å². The van der Waals surface area contributed by atoms with Crippen LogP contribution >= 0.6 is 0 Å². The van der Waals surface area contributed by atoms with Gasteiger partial charge in [0.1, 0.15) is 0 Å². The Balaban J connectivity index is 2.95. The van der Waals surface area contributed by atoms with Crippen LogP contribution in [0.5, 0.6) is 0 Å². The van der Waals surface area contributed by atoms with Gasteiger partial charge in [0.25, 0.3) is 0 Å². The summed E-state index contributed by atoms with van der Waals surface area (Å²) >= 11 is 0. The first-order chi connectivity index (χ1) is 8.85. The number of hydrogen-bond donors (Lipinski definition) is 1. The van der Waals surface area contributed by atoms with E-state index in [2.05, 4.69) is 32.6 Å². The van der Waals surface area contributed by atoms with E-state index in [0.29, 0.717) is 11.8 Å². The lowest BCUT2D eigenvalue weighted by atomic mass is 9.77. The van der Waals surface area contributed by atoms with Gasteiger partial charge in [-0.2, -0.15) is 0 Å². The summed E-state index contributed by atoms with van der Waals surface area (Å²) < 4.78 is 5.42. The fraction of sp³-hybridized carbons (Fsp3) is 0.933. The molecule has 1 heterocycles. The van der Waals surface area contributed by atoms with E-state index in [1.54, 1.807) is 0 Å². The third kappa shape index (κ3) is 5.11. The predicted molar refractivity (Wildman–Crippen MR) is 76.3 cm³/mol. The molecule has 0 saturated carbocycles. The molecule has 112 valence electrons. The average molecular weight is 271 g/mol. The van der Waals surface area contributed by atoms with Gasteiger partial charge in [-0.25, -0.2) is 0 Å². The first kappa shape index (κ1) is 16.4. The zero-order valence-corrected chi connectivity index (χ0v) is 12.8. The third-order valence-corrected chi connectivity index (χ3v) is 3.74. The second-order valence-corrected chi connectivity index (χ2v) is 6.59. The highest BCUT2D eigenvalue weighted by Gasteiger charge is 2.40. The van der Waals surface area contributed by atoms with Gasteiger partial charge >= 0.3 is 5.97 Å². The van der Waals surface area contributed by atoms with Crippen LogP contribution in [0.15, 0.2) is 0 Å². The van der Waals surface area contributed by atoms with Gasteiger partial charge in [-0.15, -0.1) is 0 Å². The minimum absolute atomic E-state index is 0.210. The number of carboxylic acids is 1. The zero-order chi connectivity index (χ0) is 14.5. The lowest BCUT2D eigenvalue weighted by Crippen LogP contribution is -2.55. The quantitative estimate of drug-likeness (QED) is 0.773. The van der Waals surface area contributed by atoms with Crippen molar-refractivity contribution in [3.63, 3.8) is 0 Å². The molecular weight excluding hydrogens is 242 g/mol. The molecule has 1 fully saturated rings. The van der Waals surface area contributed by atoms with E-state index in [1.807, 2.05) is 0 Å². The first-order valence-corrected chi connectivity index (χ1v) is 7.40. The normalized spacial score (nSPS) is 18.2. The molecule has 0 aliphatic carbocycles. The second-order valence-electron chi connectivity index (χ2n) is 6.59. The molecule has 0 unspecified atom stereocenters. The summed E-state index contributed by atoms with van der Waals surface area (Å²) in [7, 11) is 0. The molecule has 0 atom stereocenters.